The number of carbonyl (C=O) groups is 5. The molecule has 3 heterocycles. The minimum absolute atomic E-state index is 0.205. The van der Waals surface area contributed by atoms with Crippen LogP contribution in [0.5, 0.6) is 0 Å². The van der Waals surface area contributed by atoms with Gasteiger partial charge < -0.3 is 25.4 Å². The monoisotopic (exact) mass is 478 g/mol. The number of pyridine rings is 1. The molecule has 2 aromatic rings. The molecule has 2 aliphatic rings. The van der Waals surface area contributed by atoms with Crippen LogP contribution in [-0.4, -0.2) is 69.1 Å². The van der Waals surface area contributed by atoms with Gasteiger partial charge in [-0.3, -0.25) is 24.2 Å². The number of amides is 3. The Morgan fingerprint density at radius 1 is 1.14 bits per heavy atom. The summed E-state index contributed by atoms with van der Waals surface area (Å²) in [5.74, 6) is -2.69. The van der Waals surface area contributed by atoms with Crippen LogP contribution >= 0.6 is 0 Å². The van der Waals surface area contributed by atoms with Crippen molar-refractivity contribution in [3.8, 4) is 0 Å². The molecule has 1 aromatic carbocycles. The van der Waals surface area contributed by atoms with Gasteiger partial charge in [0.1, 0.15) is 24.1 Å². The normalized spacial score (nSPS) is 23.5. The van der Waals surface area contributed by atoms with Gasteiger partial charge in [-0.2, -0.15) is 0 Å². The van der Waals surface area contributed by atoms with Gasteiger partial charge in [-0.15, -0.1) is 0 Å². The first-order valence-corrected chi connectivity index (χ1v) is 11.5. The van der Waals surface area contributed by atoms with Gasteiger partial charge >= 0.3 is 5.97 Å². The fourth-order valence-corrected chi connectivity index (χ4v) is 4.72. The fraction of sp³-hybridized carbons (Fsp3) is 0.360. The molecule has 4 rings (SSSR count). The molecule has 182 valence electrons. The van der Waals surface area contributed by atoms with Crippen molar-refractivity contribution in [2.45, 2.75) is 56.3 Å². The van der Waals surface area contributed by atoms with Gasteiger partial charge in [-0.25, -0.2) is 0 Å². The van der Waals surface area contributed by atoms with E-state index in [2.05, 4.69) is 15.6 Å². The number of fused-ring (bicyclic) bond motifs is 2. The van der Waals surface area contributed by atoms with Gasteiger partial charge in [0.05, 0.1) is 12.5 Å². The van der Waals surface area contributed by atoms with Crippen LogP contribution in [0.25, 0.3) is 10.8 Å². The van der Waals surface area contributed by atoms with Crippen molar-refractivity contribution in [1.82, 2.24) is 20.5 Å². The summed E-state index contributed by atoms with van der Waals surface area (Å²) in [5, 5.41) is 15.7. The van der Waals surface area contributed by atoms with E-state index in [9.17, 15) is 24.0 Å². The number of carbonyl (C=O) groups excluding carboxylic acids is 4. The smallest absolute Gasteiger partial charge is 0.305 e. The topological polar surface area (TPSA) is 146 Å². The number of aldehydes is 1. The maximum absolute atomic E-state index is 13.6. The molecule has 0 radical (unpaired) electrons. The van der Waals surface area contributed by atoms with Crippen LogP contribution in [0.15, 0.2) is 48.7 Å². The van der Waals surface area contributed by atoms with Gasteiger partial charge in [0.25, 0.3) is 5.91 Å². The molecule has 0 unspecified atom stereocenters. The zero-order chi connectivity index (χ0) is 24.9. The molecular weight excluding hydrogens is 452 g/mol. The van der Waals surface area contributed by atoms with E-state index >= 15 is 0 Å². The molecule has 2 aliphatic heterocycles. The molecule has 0 spiro atoms. The SMILES string of the molecule is O=C[C@H](CC(=O)O)NC(=O)[C@@H]1CC[C@@H]2C/C=C\C[C@H](NC(=O)c3nccc4ccccc34)C(=O)N21. The molecule has 4 atom stereocenters. The predicted molar refractivity (Wildman–Crippen MR) is 125 cm³/mol. The van der Waals surface area contributed by atoms with Crippen molar-refractivity contribution in [3.05, 3.63) is 54.4 Å². The summed E-state index contributed by atoms with van der Waals surface area (Å²) in [5.41, 5.74) is 0.205. The van der Waals surface area contributed by atoms with E-state index in [1.165, 1.54) is 11.1 Å². The van der Waals surface area contributed by atoms with Crippen molar-refractivity contribution in [2.24, 2.45) is 0 Å². The Morgan fingerprint density at radius 2 is 1.91 bits per heavy atom. The third-order valence-electron chi connectivity index (χ3n) is 6.38. The lowest BCUT2D eigenvalue weighted by Gasteiger charge is -2.34. The van der Waals surface area contributed by atoms with Crippen molar-refractivity contribution in [2.75, 3.05) is 0 Å². The highest BCUT2D eigenvalue weighted by Gasteiger charge is 2.43. The zero-order valence-electron chi connectivity index (χ0n) is 18.9. The number of hydrogen-bond donors (Lipinski definition) is 3. The lowest BCUT2D eigenvalue weighted by Crippen LogP contribution is -2.57. The molecule has 0 saturated carbocycles. The first-order valence-electron chi connectivity index (χ1n) is 11.5. The van der Waals surface area contributed by atoms with Crippen LogP contribution in [0, 0.1) is 0 Å². The second kappa shape index (κ2) is 10.5. The van der Waals surface area contributed by atoms with Crippen LogP contribution in [0.2, 0.25) is 0 Å². The molecule has 0 aliphatic carbocycles. The molecule has 10 nitrogen and oxygen atoms in total. The maximum Gasteiger partial charge on any atom is 0.305 e. The molecular formula is C25H26N4O6. The summed E-state index contributed by atoms with van der Waals surface area (Å²) in [4.78, 5) is 67.5. The van der Waals surface area contributed by atoms with Crippen LogP contribution in [0.3, 0.4) is 0 Å². The van der Waals surface area contributed by atoms with E-state index in [-0.39, 0.29) is 18.2 Å². The largest absolute Gasteiger partial charge is 0.481 e. The number of nitrogens with one attached hydrogen (secondary N) is 2. The first kappa shape index (κ1) is 24.1. The maximum atomic E-state index is 13.6. The Labute approximate surface area is 201 Å². The van der Waals surface area contributed by atoms with Crippen LogP contribution in [-0.2, 0) is 19.2 Å². The number of aliphatic carboxylic acids is 1. The highest BCUT2D eigenvalue weighted by atomic mass is 16.4. The predicted octanol–water partition coefficient (Wildman–Crippen LogP) is 1.20. The van der Waals surface area contributed by atoms with Crippen LogP contribution in [0.4, 0.5) is 0 Å². The highest BCUT2D eigenvalue weighted by Crippen LogP contribution is 2.30. The van der Waals surface area contributed by atoms with Crippen molar-refractivity contribution in [1.29, 1.82) is 0 Å². The quantitative estimate of drug-likeness (QED) is 0.400. The molecule has 3 amide bonds. The second-order valence-electron chi connectivity index (χ2n) is 8.69. The Hall–Kier alpha value is -4.08. The van der Waals surface area contributed by atoms with Crippen molar-refractivity contribution < 1.29 is 29.1 Å². The van der Waals surface area contributed by atoms with Gasteiger partial charge in [-0.1, -0.05) is 36.4 Å². The average Bonchev–Trinajstić information content (AvgIpc) is 3.26. The average molecular weight is 479 g/mol. The number of aromatic nitrogens is 1. The van der Waals surface area contributed by atoms with Gasteiger partial charge in [0, 0.05) is 17.6 Å². The Kier molecular flexibility index (Phi) is 7.19. The van der Waals surface area contributed by atoms with E-state index in [0.29, 0.717) is 30.9 Å². The number of carboxylic acid groups (broad SMARTS) is 1. The number of benzene rings is 1. The summed E-state index contributed by atoms with van der Waals surface area (Å²) >= 11 is 0. The van der Waals surface area contributed by atoms with E-state index < -0.39 is 48.2 Å². The number of rotatable bonds is 7. The Bertz CT molecular complexity index is 1190. The summed E-state index contributed by atoms with van der Waals surface area (Å²) in [6.45, 7) is 0. The minimum atomic E-state index is -1.22. The lowest BCUT2D eigenvalue weighted by molar-refractivity contribution is -0.143. The molecule has 1 saturated heterocycles. The number of carboxylic acids is 1. The molecule has 35 heavy (non-hydrogen) atoms. The summed E-state index contributed by atoms with van der Waals surface area (Å²) in [7, 11) is 0. The molecule has 3 N–H and O–H groups in total. The van der Waals surface area contributed by atoms with Crippen LogP contribution in [0.1, 0.15) is 42.6 Å². The number of hydrogen-bond acceptors (Lipinski definition) is 6. The first-order chi connectivity index (χ1) is 16.9. The summed E-state index contributed by atoms with van der Waals surface area (Å²) < 4.78 is 0. The van der Waals surface area contributed by atoms with E-state index in [0.717, 1.165) is 5.39 Å². The van der Waals surface area contributed by atoms with Crippen molar-refractivity contribution >= 4 is 40.7 Å². The Morgan fingerprint density at radius 3 is 2.69 bits per heavy atom. The van der Waals surface area contributed by atoms with Gasteiger partial charge in [0.2, 0.25) is 11.8 Å². The molecule has 10 heteroatoms. The second-order valence-corrected chi connectivity index (χ2v) is 8.69. The van der Waals surface area contributed by atoms with Crippen LogP contribution < -0.4 is 10.6 Å². The third-order valence-corrected chi connectivity index (χ3v) is 6.38. The molecule has 0 bridgehead atoms. The number of nitrogens with zero attached hydrogens (tertiary/aromatic N) is 2. The molecule has 1 aromatic heterocycles. The van der Waals surface area contributed by atoms with Crippen molar-refractivity contribution in [3.63, 3.8) is 0 Å². The summed E-state index contributed by atoms with van der Waals surface area (Å²) in [6, 6.07) is 5.93. The van der Waals surface area contributed by atoms with E-state index in [4.69, 9.17) is 5.11 Å². The standard InChI is InChI=1S/C25H26N4O6/c30-14-16(13-21(31)32)27-23(33)20-10-9-17-6-2-4-8-19(25(35)29(17)20)28-24(34)22-18-7-3-1-5-15(18)11-12-26-22/h1-5,7,11-12,14,16-17,19-20H,6,8-10,13H2,(H,27,33)(H,28,34)(H,31,32)/b4-2-/t16-,17-,19-,20-/m0/s1. The van der Waals surface area contributed by atoms with Gasteiger partial charge in [-0.05, 0) is 37.1 Å². The third kappa shape index (κ3) is 5.21. The lowest BCUT2D eigenvalue weighted by atomic mass is 10.0. The zero-order valence-corrected chi connectivity index (χ0v) is 18.9. The van der Waals surface area contributed by atoms with E-state index in [1.807, 2.05) is 24.3 Å². The summed E-state index contributed by atoms with van der Waals surface area (Å²) in [6.07, 6.45) is 6.91. The van der Waals surface area contributed by atoms with E-state index in [1.54, 1.807) is 18.2 Å². The fourth-order valence-electron chi connectivity index (χ4n) is 4.72. The molecule has 1 fully saturated rings. The minimum Gasteiger partial charge on any atom is -0.481 e. The van der Waals surface area contributed by atoms with Gasteiger partial charge in [0.15, 0.2) is 0 Å². The Balaban J connectivity index is 1.54. The highest BCUT2D eigenvalue weighted by molar-refractivity contribution is 6.06.